The number of carbonyl (C=O) groups is 1. The first kappa shape index (κ1) is 10.9. The molecule has 0 fully saturated rings. The molecule has 78 valence electrons. The van der Waals surface area contributed by atoms with Crippen molar-refractivity contribution in [3.05, 3.63) is 10.6 Å². The van der Waals surface area contributed by atoms with Crippen molar-refractivity contribution in [2.24, 2.45) is 0 Å². The van der Waals surface area contributed by atoms with Crippen molar-refractivity contribution in [2.75, 3.05) is 6.61 Å². The summed E-state index contributed by atoms with van der Waals surface area (Å²) in [6.45, 7) is 4.54. The molecule has 0 aliphatic rings. The van der Waals surface area contributed by atoms with Gasteiger partial charge in [-0.3, -0.25) is 9.89 Å². The van der Waals surface area contributed by atoms with Gasteiger partial charge in [0.1, 0.15) is 5.82 Å². The standard InChI is InChI=1S/C8H13N3O2S/c1-3-13-7(12)4-5-11-6(2)9-10-8(11)14/h3-5H2,1-2H3,(H,10,14). The number of ether oxygens (including phenoxy) is 1. The fourth-order valence-electron chi connectivity index (χ4n) is 1.10. The highest BCUT2D eigenvalue weighted by atomic mass is 32.1. The first-order valence-corrected chi connectivity index (χ1v) is 4.83. The SMILES string of the molecule is CCOC(=O)CCn1c(C)n[nH]c1=S. The maximum Gasteiger partial charge on any atom is 0.307 e. The van der Waals surface area contributed by atoms with E-state index in [0.717, 1.165) is 5.82 Å². The summed E-state index contributed by atoms with van der Waals surface area (Å²) in [4.78, 5) is 11.1. The number of hydrogen-bond acceptors (Lipinski definition) is 4. The van der Waals surface area contributed by atoms with Crippen LogP contribution in [0.1, 0.15) is 19.2 Å². The summed E-state index contributed by atoms with van der Waals surface area (Å²) in [5.74, 6) is 0.564. The van der Waals surface area contributed by atoms with Gasteiger partial charge >= 0.3 is 5.97 Å². The predicted octanol–water partition coefficient (Wildman–Crippen LogP) is 1.20. The van der Waals surface area contributed by atoms with Gasteiger partial charge in [0, 0.05) is 6.54 Å². The van der Waals surface area contributed by atoms with Crippen molar-refractivity contribution in [3.8, 4) is 0 Å². The van der Waals surface area contributed by atoms with Crippen LogP contribution in [0, 0.1) is 11.7 Å². The number of hydrogen-bond donors (Lipinski definition) is 1. The molecule has 1 aromatic heterocycles. The third kappa shape index (κ3) is 2.66. The Bertz CT molecular complexity index is 369. The molecule has 1 heterocycles. The van der Waals surface area contributed by atoms with Gasteiger partial charge in [-0.2, -0.15) is 5.10 Å². The van der Waals surface area contributed by atoms with Gasteiger partial charge in [-0.15, -0.1) is 0 Å². The van der Waals surface area contributed by atoms with Gasteiger partial charge in [0.2, 0.25) is 0 Å². The molecule has 1 rings (SSSR count). The average molecular weight is 215 g/mol. The zero-order valence-corrected chi connectivity index (χ0v) is 9.06. The highest BCUT2D eigenvalue weighted by Gasteiger charge is 2.05. The van der Waals surface area contributed by atoms with Crippen molar-refractivity contribution in [2.45, 2.75) is 26.8 Å². The molecule has 0 spiro atoms. The fraction of sp³-hybridized carbons (Fsp3) is 0.625. The summed E-state index contributed by atoms with van der Waals surface area (Å²) < 4.78 is 7.11. The molecule has 1 N–H and O–H groups in total. The minimum Gasteiger partial charge on any atom is -0.466 e. The van der Waals surface area contributed by atoms with Crippen LogP contribution >= 0.6 is 12.2 Å². The third-order valence-corrected chi connectivity index (χ3v) is 2.11. The van der Waals surface area contributed by atoms with Gasteiger partial charge < -0.3 is 9.30 Å². The number of nitrogens with zero attached hydrogens (tertiary/aromatic N) is 2. The molecule has 0 radical (unpaired) electrons. The van der Waals surface area contributed by atoms with Gasteiger partial charge in [-0.05, 0) is 26.1 Å². The minimum atomic E-state index is -0.213. The van der Waals surface area contributed by atoms with E-state index in [4.69, 9.17) is 17.0 Å². The van der Waals surface area contributed by atoms with Crippen molar-refractivity contribution < 1.29 is 9.53 Å². The van der Waals surface area contributed by atoms with Gasteiger partial charge in [0.15, 0.2) is 4.77 Å². The van der Waals surface area contributed by atoms with E-state index in [1.807, 2.05) is 6.92 Å². The molecule has 6 heteroatoms. The van der Waals surface area contributed by atoms with Crippen molar-refractivity contribution in [1.29, 1.82) is 0 Å². The second-order valence-electron chi connectivity index (χ2n) is 2.78. The summed E-state index contributed by atoms with van der Waals surface area (Å²) in [7, 11) is 0. The van der Waals surface area contributed by atoms with Crippen LogP contribution in [0.3, 0.4) is 0 Å². The molecule has 5 nitrogen and oxygen atoms in total. The molecular formula is C8H13N3O2S. The number of esters is 1. The van der Waals surface area contributed by atoms with Crippen LogP contribution in [0.2, 0.25) is 0 Å². The minimum absolute atomic E-state index is 0.213. The molecule has 1 aromatic rings. The van der Waals surface area contributed by atoms with Crippen molar-refractivity contribution >= 4 is 18.2 Å². The van der Waals surface area contributed by atoms with Crippen LogP contribution in [0.5, 0.6) is 0 Å². The number of aromatic nitrogens is 3. The molecule has 0 aromatic carbocycles. The van der Waals surface area contributed by atoms with Crippen LogP contribution in [0.4, 0.5) is 0 Å². The lowest BCUT2D eigenvalue weighted by molar-refractivity contribution is -0.143. The highest BCUT2D eigenvalue weighted by Crippen LogP contribution is 1.99. The third-order valence-electron chi connectivity index (χ3n) is 1.79. The first-order valence-electron chi connectivity index (χ1n) is 4.42. The number of H-pyrrole nitrogens is 1. The maximum absolute atomic E-state index is 11.1. The van der Waals surface area contributed by atoms with E-state index in [-0.39, 0.29) is 5.97 Å². The number of nitrogens with one attached hydrogen (secondary N) is 1. The van der Waals surface area contributed by atoms with Crippen LogP contribution in [0.15, 0.2) is 0 Å². The van der Waals surface area contributed by atoms with Crippen molar-refractivity contribution in [3.63, 3.8) is 0 Å². The largest absolute Gasteiger partial charge is 0.466 e. The van der Waals surface area contributed by atoms with E-state index in [9.17, 15) is 4.79 Å². The second-order valence-corrected chi connectivity index (χ2v) is 3.17. The highest BCUT2D eigenvalue weighted by molar-refractivity contribution is 7.71. The Labute approximate surface area is 87.1 Å². The van der Waals surface area contributed by atoms with Gasteiger partial charge in [0.05, 0.1) is 13.0 Å². The molecule has 0 atom stereocenters. The Morgan fingerprint density at radius 2 is 2.43 bits per heavy atom. The predicted molar refractivity (Wildman–Crippen MR) is 53.4 cm³/mol. The van der Waals surface area contributed by atoms with Crippen molar-refractivity contribution in [1.82, 2.24) is 14.8 Å². The van der Waals surface area contributed by atoms with Crippen LogP contribution in [-0.4, -0.2) is 27.3 Å². The normalized spacial score (nSPS) is 10.1. The molecule has 14 heavy (non-hydrogen) atoms. The number of carbonyl (C=O) groups excluding carboxylic acids is 1. The quantitative estimate of drug-likeness (QED) is 0.605. The number of aryl methyl sites for hydroxylation is 1. The molecule has 0 saturated carbocycles. The Morgan fingerprint density at radius 3 is 2.93 bits per heavy atom. The Hall–Kier alpha value is -1.17. The van der Waals surface area contributed by atoms with E-state index < -0.39 is 0 Å². The summed E-state index contributed by atoms with van der Waals surface area (Å²) >= 11 is 4.98. The average Bonchev–Trinajstić information content (AvgIpc) is 2.44. The summed E-state index contributed by atoms with van der Waals surface area (Å²) in [5, 5.41) is 6.59. The Morgan fingerprint density at radius 1 is 1.71 bits per heavy atom. The van der Waals surface area contributed by atoms with E-state index in [0.29, 0.717) is 24.3 Å². The number of rotatable bonds is 4. The smallest absolute Gasteiger partial charge is 0.307 e. The first-order chi connectivity index (χ1) is 6.65. The molecular weight excluding hydrogens is 202 g/mol. The number of aromatic amines is 1. The fourth-order valence-corrected chi connectivity index (χ4v) is 1.37. The zero-order valence-electron chi connectivity index (χ0n) is 8.24. The Kier molecular flexibility index (Phi) is 3.82. The van der Waals surface area contributed by atoms with Crippen LogP contribution in [-0.2, 0) is 16.1 Å². The molecule has 0 aliphatic carbocycles. The van der Waals surface area contributed by atoms with Crippen LogP contribution in [0.25, 0.3) is 0 Å². The van der Waals surface area contributed by atoms with E-state index in [1.54, 1.807) is 11.5 Å². The molecule has 0 aliphatic heterocycles. The van der Waals surface area contributed by atoms with Gasteiger partial charge in [-0.1, -0.05) is 0 Å². The maximum atomic E-state index is 11.1. The van der Waals surface area contributed by atoms with E-state index in [2.05, 4.69) is 10.2 Å². The lowest BCUT2D eigenvalue weighted by atomic mass is 10.4. The molecule has 0 bridgehead atoms. The lowest BCUT2D eigenvalue weighted by Crippen LogP contribution is -2.10. The summed E-state index contributed by atoms with van der Waals surface area (Å²) in [5.41, 5.74) is 0. The van der Waals surface area contributed by atoms with Crippen LogP contribution < -0.4 is 0 Å². The van der Waals surface area contributed by atoms with E-state index >= 15 is 0 Å². The molecule has 0 saturated heterocycles. The lowest BCUT2D eigenvalue weighted by Gasteiger charge is -2.03. The van der Waals surface area contributed by atoms with E-state index in [1.165, 1.54) is 0 Å². The second kappa shape index (κ2) is 4.90. The summed E-state index contributed by atoms with van der Waals surface area (Å²) in [6.07, 6.45) is 0.322. The van der Waals surface area contributed by atoms with Gasteiger partial charge in [0.25, 0.3) is 0 Å². The zero-order chi connectivity index (χ0) is 10.6. The van der Waals surface area contributed by atoms with Gasteiger partial charge in [-0.25, -0.2) is 0 Å². The topological polar surface area (TPSA) is 59.9 Å². The molecule has 0 amide bonds. The molecule has 0 unspecified atom stereocenters. The monoisotopic (exact) mass is 215 g/mol. The summed E-state index contributed by atoms with van der Waals surface area (Å²) in [6, 6.07) is 0. The Balaban J connectivity index is 2.53.